The van der Waals surface area contributed by atoms with Crippen molar-refractivity contribution >= 4 is 17.2 Å². The third kappa shape index (κ3) is 5.96. The maximum absolute atomic E-state index is 13.9. The fourth-order valence-electron chi connectivity index (χ4n) is 6.62. The molecule has 3 aromatic carbocycles. The first kappa shape index (κ1) is 28.0. The van der Waals surface area contributed by atoms with Gasteiger partial charge in [0.2, 0.25) is 0 Å². The zero-order chi connectivity index (χ0) is 28.3. The highest BCUT2D eigenvalue weighted by atomic mass is 16.5. The average Bonchev–Trinajstić information content (AvgIpc) is 3.13. The smallest absolute Gasteiger partial charge is 0.163 e. The van der Waals surface area contributed by atoms with Gasteiger partial charge in [-0.25, -0.2) is 0 Å². The minimum Gasteiger partial charge on any atom is -0.497 e. The van der Waals surface area contributed by atoms with Gasteiger partial charge < -0.3 is 15.4 Å². The van der Waals surface area contributed by atoms with Crippen LogP contribution in [0.15, 0.2) is 84.1 Å². The van der Waals surface area contributed by atoms with Gasteiger partial charge in [-0.05, 0) is 71.0 Å². The lowest BCUT2D eigenvalue weighted by atomic mass is 9.75. The predicted molar refractivity (Wildman–Crippen MR) is 166 cm³/mol. The second-order valence-corrected chi connectivity index (χ2v) is 12.4. The Labute approximate surface area is 240 Å². The van der Waals surface area contributed by atoms with E-state index in [1.807, 2.05) is 24.3 Å². The van der Waals surface area contributed by atoms with Crippen LogP contribution in [0.3, 0.4) is 0 Å². The van der Waals surface area contributed by atoms with Crippen LogP contribution >= 0.6 is 0 Å². The van der Waals surface area contributed by atoms with E-state index in [9.17, 15) is 4.79 Å². The van der Waals surface area contributed by atoms with Crippen LogP contribution in [0.2, 0.25) is 0 Å². The van der Waals surface area contributed by atoms with Crippen molar-refractivity contribution in [2.24, 2.45) is 5.92 Å². The largest absolute Gasteiger partial charge is 0.497 e. The molecule has 2 unspecified atom stereocenters. The number of Topliss-reactive ketones (excluding diaryl/α,β-unsaturated/α-hetero) is 1. The molecule has 1 aliphatic carbocycles. The SMILES string of the molecule is CCCC[C@H](C)CC(C)(C)c1ccc(C2Nc3ccccc3NC3=C2C(=O)CC(c2ccc(OC)cc2)C3)cc1. The molecule has 0 amide bonds. The molecule has 1 heterocycles. The third-order valence-electron chi connectivity index (χ3n) is 8.83. The molecule has 4 heteroatoms. The van der Waals surface area contributed by atoms with Crippen LogP contribution in [0.1, 0.15) is 94.9 Å². The van der Waals surface area contributed by atoms with Crippen LogP contribution in [-0.4, -0.2) is 12.9 Å². The lowest BCUT2D eigenvalue weighted by Gasteiger charge is -2.31. The summed E-state index contributed by atoms with van der Waals surface area (Å²) in [6.07, 6.45) is 6.30. The van der Waals surface area contributed by atoms with Crippen molar-refractivity contribution < 1.29 is 9.53 Å². The fourth-order valence-corrected chi connectivity index (χ4v) is 6.62. The molecule has 2 aliphatic rings. The van der Waals surface area contributed by atoms with Gasteiger partial charge in [-0.15, -0.1) is 0 Å². The van der Waals surface area contributed by atoms with E-state index in [-0.39, 0.29) is 23.2 Å². The molecule has 2 N–H and O–H groups in total. The van der Waals surface area contributed by atoms with E-state index in [1.165, 1.54) is 36.8 Å². The monoisotopic (exact) mass is 536 g/mol. The van der Waals surface area contributed by atoms with Gasteiger partial charge in [-0.2, -0.15) is 0 Å². The summed E-state index contributed by atoms with van der Waals surface area (Å²) < 4.78 is 5.35. The number of nitrogens with one attached hydrogen (secondary N) is 2. The Bertz CT molecular complexity index is 1350. The van der Waals surface area contributed by atoms with E-state index < -0.39 is 0 Å². The summed E-state index contributed by atoms with van der Waals surface area (Å²) in [4.78, 5) is 13.9. The summed E-state index contributed by atoms with van der Waals surface area (Å²) in [5.41, 5.74) is 7.67. The highest BCUT2D eigenvalue weighted by molar-refractivity contribution is 6.01. The molecule has 1 aliphatic heterocycles. The first-order chi connectivity index (χ1) is 19.3. The molecule has 210 valence electrons. The number of unbranched alkanes of at least 4 members (excludes halogenated alkanes) is 1. The first-order valence-electron chi connectivity index (χ1n) is 14.9. The number of hydrogen-bond donors (Lipinski definition) is 2. The van der Waals surface area contributed by atoms with Crippen molar-refractivity contribution in [1.82, 2.24) is 0 Å². The number of ketones is 1. The minimum atomic E-state index is -0.198. The third-order valence-corrected chi connectivity index (χ3v) is 8.83. The van der Waals surface area contributed by atoms with E-state index in [1.54, 1.807) is 7.11 Å². The van der Waals surface area contributed by atoms with Gasteiger partial charge in [0.1, 0.15) is 5.75 Å². The van der Waals surface area contributed by atoms with Crippen molar-refractivity contribution in [2.75, 3.05) is 17.7 Å². The summed E-state index contributed by atoms with van der Waals surface area (Å²) in [5, 5.41) is 7.39. The van der Waals surface area contributed by atoms with Gasteiger partial charge >= 0.3 is 0 Å². The predicted octanol–water partition coefficient (Wildman–Crippen LogP) is 9.17. The van der Waals surface area contributed by atoms with Crippen molar-refractivity contribution in [3.8, 4) is 5.75 Å². The topological polar surface area (TPSA) is 50.4 Å². The van der Waals surface area contributed by atoms with Crippen molar-refractivity contribution in [1.29, 1.82) is 0 Å². The molecule has 4 nitrogen and oxygen atoms in total. The molecule has 0 saturated heterocycles. The molecule has 0 aromatic heterocycles. The lowest BCUT2D eigenvalue weighted by molar-refractivity contribution is -0.116. The molecule has 0 fully saturated rings. The molecular weight excluding hydrogens is 492 g/mol. The molecule has 0 spiro atoms. The van der Waals surface area contributed by atoms with Gasteiger partial charge in [-0.1, -0.05) is 95.5 Å². The second-order valence-electron chi connectivity index (χ2n) is 12.4. The summed E-state index contributed by atoms with van der Waals surface area (Å²) >= 11 is 0. The molecular formula is C36H44N2O2. The highest BCUT2D eigenvalue weighted by Gasteiger charge is 2.36. The van der Waals surface area contributed by atoms with E-state index in [0.29, 0.717) is 12.3 Å². The van der Waals surface area contributed by atoms with Crippen LogP contribution in [0.25, 0.3) is 0 Å². The Morgan fingerprint density at radius 1 is 0.925 bits per heavy atom. The van der Waals surface area contributed by atoms with Crippen molar-refractivity contribution in [2.45, 2.75) is 83.6 Å². The standard InChI is InChI=1S/C36H44N2O2/c1-6-7-10-24(2)23-36(3,4)28-17-13-26(14-18-28)35-34-32(37-30-11-8-9-12-31(30)38-35)21-27(22-33(34)39)25-15-19-29(40-5)20-16-25/h8-9,11-20,24,27,35,37-38H,6-7,10,21-23H2,1-5H3/t24-,27?,35?/m0/s1. The molecule has 0 saturated carbocycles. The van der Waals surface area contributed by atoms with Crippen LogP contribution in [0.4, 0.5) is 11.4 Å². The van der Waals surface area contributed by atoms with E-state index in [2.05, 4.69) is 86.9 Å². The molecule has 3 atom stereocenters. The number of fused-ring (bicyclic) bond motifs is 1. The Balaban J connectivity index is 1.46. The van der Waals surface area contributed by atoms with Crippen molar-refractivity contribution in [3.05, 3.63) is 101 Å². The quantitative estimate of drug-likeness (QED) is 0.286. The number of hydrogen-bond acceptors (Lipinski definition) is 4. The van der Waals surface area contributed by atoms with Crippen LogP contribution in [-0.2, 0) is 10.2 Å². The number of benzene rings is 3. The normalized spacial score (nSPS) is 19.6. The number of anilines is 2. The van der Waals surface area contributed by atoms with Gasteiger partial charge in [0.25, 0.3) is 0 Å². The summed E-state index contributed by atoms with van der Waals surface area (Å²) in [7, 11) is 1.68. The van der Waals surface area contributed by atoms with Crippen LogP contribution in [0.5, 0.6) is 5.75 Å². The van der Waals surface area contributed by atoms with E-state index in [0.717, 1.165) is 40.4 Å². The summed E-state index contributed by atoms with van der Waals surface area (Å²) in [5.74, 6) is 1.87. The number of ether oxygens (including phenoxy) is 1. The molecule has 0 bridgehead atoms. The van der Waals surface area contributed by atoms with Gasteiger partial charge in [0.05, 0.1) is 24.5 Å². The number of carbonyl (C=O) groups is 1. The molecule has 40 heavy (non-hydrogen) atoms. The van der Waals surface area contributed by atoms with Gasteiger partial charge in [0.15, 0.2) is 5.78 Å². The number of para-hydroxylation sites is 2. The fraction of sp³-hybridized carbons (Fsp3) is 0.417. The lowest BCUT2D eigenvalue weighted by Crippen LogP contribution is -2.27. The number of rotatable bonds is 9. The molecule has 0 radical (unpaired) electrons. The number of allylic oxidation sites excluding steroid dienone is 1. The highest BCUT2D eigenvalue weighted by Crippen LogP contribution is 2.44. The zero-order valence-corrected chi connectivity index (χ0v) is 24.7. The Hall–Kier alpha value is -3.53. The summed E-state index contributed by atoms with van der Waals surface area (Å²) in [6, 6.07) is 25.2. The van der Waals surface area contributed by atoms with E-state index >= 15 is 0 Å². The maximum atomic E-state index is 13.9. The Morgan fingerprint density at radius 2 is 1.60 bits per heavy atom. The number of carbonyl (C=O) groups excluding carboxylic acids is 1. The first-order valence-corrected chi connectivity index (χ1v) is 14.9. The van der Waals surface area contributed by atoms with Crippen LogP contribution in [0, 0.1) is 5.92 Å². The van der Waals surface area contributed by atoms with E-state index in [4.69, 9.17) is 4.74 Å². The Kier molecular flexibility index (Phi) is 8.35. The van der Waals surface area contributed by atoms with Crippen molar-refractivity contribution in [3.63, 3.8) is 0 Å². The second kappa shape index (κ2) is 11.9. The minimum absolute atomic E-state index is 0.105. The maximum Gasteiger partial charge on any atom is 0.163 e. The van der Waals surface area contributed by atoms with Gasteiger partial charge in [-0.3, -0.25) is 4.79 Å². The Morgan fingerprint density at radius 3 is 2.27 bits per heavy atom. The van der Waals surface area contributed by atoms with Gasteiger partial charge in [0, 0.05) is 17.7 Å². The zero-order valence-electron chi connectivity index (χ0n) is 24.7. The summed E-state index contributed by atoms with van der Waals surface area (Å²) in [6.45, 7) is 9.37. The average molecular weight is 537 g/mol. The van der Waals surface area contributed by atoms with Crippen LogP contribution < -0.4 is 15.4 Å². The molecule has 3 aromatic rings. The molecule has 5 rings (SSSR count). The number of methoxy groups -OCH3 is 1.